The zero-order chi connectivity index (χ0) is 21.4. The van der Waals surface area contributed by atoms with E-state index in [1.165, 1.54) is 27.5 Å². The first-order valence-corrected chi connectivity index (χ1v) is 10.6. The monoisotopic (exact) mass is 408 g/mol. The van der Waals surface area contributed by atoms with E-state index in [2.05, 4.69) is 77.0 Å². The SMILES string of the molecule is CC(C)c1ccc(/C=N\NC(=O)c2cc(-c3ccc4c5c(cccc35)CC4)n[nH]2)cc1. The van der Waals surface area contributed by atoms with E-state index in [0.29, 0.717) is 11.6 Å². The summed E-state index contributed by atoms with van der Waals surface area (Å²) >= 11 is 0. The van der Waals surface area contributed by atoms with Gasteiger partial charge in [-0.3, -0.25) is 9.89 Å². The number of rotatable bonds is 5. The number of H-pyrrole nitrogens is 1. The topological polar surface area (TPSA) is 70.1 Å². The number of aryl methyl sites for hydroxylation is 2. The molecule has 1 amide bonds. The van der Waals surface area contributed by atoms with Gasteiger partial charge in [-0.05, 0) is 57.9 Å². The summed E-state index contributed by atoms with van der Waals surface area (Å²) in [5.74, 6) is 0.165. The molecular formula is C26H24N4O. The van der Waals surface area contributed by atoms with Crippen LogP contribution in [0.4, 0.5) is 0 Å². The molecule has 1 aromatic heterocycles. The maximum absolute atomic E-state index is 12.5. The summed E-state index contributed by atoms with van der Waals surface area (Å²) in [4.78, 5) is 12.5. The summed E-state index contributed by atoms with van der Waals surface area (Å²) < 4.78 is 0. The van der Waals surface area contributed by atoms with Gasteiger partial charge in [-0.2, -0.15) is 10.2 Å². The highest BCUT2D eigenvalue weighted by Gasteiger charge is 2.18. The van der Waals surface area contributed by atoms with Crippen LogP contribution in [-0.2, 0) is 12.8 Å². The van der Waals surface area contributed by atoms with Gasteiger partial charge in [0, 0.05) is 5.56 Å². The van der Waals surface area contributed by atoms with Crippen molar-refractivity contribution in [1.29, 1.82) is 0 Å². The van der Waals surface area contributed by atoms with Crippen molar-refractivity contribution >= 4 is 22.9 Å². The Morgan fingerprint density at radius 3 is 2.61 bits per heavy atom. The van der Waals surface area contributed by atoms with Crippen LogP contribution < -0.4 is 5.43 Å². The van der Waals surface area contributed by atoms with Crippen LogP contribution in [0.2, 0.25) is 0 Å². The summed E-state index contributed by atoms with van der Waals surface area (Å²) in [5.41, 5.74) is 9.73. The molecule has 0 saturated heterocycles. The van der Waals surface area contributed by atoms with Crippen molar-refractivity contribution in [3.05, 3.63) is 88.6 Å². The van der Waals surface area contributed by atoms with Gasteiger partial charge >= 0.3 is 0 Å². The van der Waals surface area contributed by atoms with Gasteiger partial charge in [-0.15, -0.1) is 0 Å². The average Bonchev–Trinajstić information content (AvgIpc) is 3.43. The largest absolute Gasteiger partial charge is 0.289 e. The predicted molar refractivity (Wildman–Crippen MR) is 125 cm³/mol. The molecule has 1 aliphatic carbocycles. The van der Waals surface area contributed by atoms with Crippen LogP contribution >= 0.6 is 0 Å². The molecule has 0 saturated carbocycles. The van der Waals surface area contributed by atoms with E-state index in [-0.39, 0.29) is 5.91 Å². The highest BCUT2D eigenvalue weighted by atomic mass is 16.2. The lowest BCUT2D eigenvalue weighted by molar-refractivity contribution is 0.0950. The van der Waals surface area contributed by atoms with Gasteiger partial charge in [0.1, 0.15) is 5.69 Å². The number of amides is 1. The summed E-state index contributed by atoms with van der Waals surface area (Å²) in [6.07, 6.45) is 3.81. The molecule has 0 aliphatic heterocycles. The smallest absolute Gasteiger partial charge is 0.272 e. The van der Waals surface area contributed by atoms with Gasteiger partial charge in [0.2, 0.25) is 0 Å². The van der Waals surface area contributed by atoms with E-state index in [9.17, 15) is 4.79 Å². The molecule has 1 heterocycles. The number of hydrogen-bond donors (Lipinski definition) is 2. The molecule has 154 valence electrons. The third kappa shape index (κ3) is 3.63. The minimum atomic E-state index is -0.320. The lowest BCUT2D eigenvalue weighted by atomic mass is 9.98. The van der Waals surface area contributed by atoms with E-state index in [0.717, 1.165) is 29.7 Å². The second kappa shape index (κ2) is 7.84. The van der Waals surface area contributed by atoms with E-state index < -0.39 is 0 Å². The molecule has 4 aromatic rings. The van der Waals surface area contributed by atoms with Crippen molar-refractivity contribution in [2.75, 3.05) is 0 Å². The van der Waals surface area contributed by atoms with Crippen molar-refractivity contribution < 1.29 is 4.79 Å². The minimum absolute atomic E-state index is 0.320. The van der Waals surface area contributed by atoms with Crippen molar-refractivity contribution in [3.63, 3.8) is 0 Å². The summed E-state index contributed by atoms with van der Waals surface area (Å²) in [5, 5.41) is 13.8. The fraction of sp³-hybridized carbons (Fsp3) is 0.192. The van der Waals surface area contributed by atoms with Gasteiger partial charge in [-0.1, -0.05) is 68.4 Å². The first kappa shape index (κ1) is 19.2. The van der Waals surface area contributed by atoms with E-state index >= 15 is 0 Å². The predicted octanol–water partition coefficient (Wildman–Crippen LogP) is 5.22. The van der Waals surface area contributed by atoms with E-state index in [1.54, 1.807) is 12.3 Å². The standard InChI is InChI=1S/C26H24N4O/c1-16(2)18-8-6-17(7-9-18)15-27-30-26(31)24-14-23(28-29-24)21-13-12-20-11-10-19-4-3-5-22(21)25(19)20/h3-9,12-16H,10-11H2,1-2H3,(H,28,29)(H,30,31)/b27-15-. The lowest BCUT2D eigenvalue weighted by Crippen LogP contribution is -2.18. The molecule has 2 N–H and O–H groups in total. The first-order chi connectivity index (χ1) is 15.1. The third-order valence-corrected chi connectivity index (χ3v) is 5.96. The van der Waals surface area contributed by atoms with Crippen LogP contribution in [0, 0.1) is 0 Å². The normalized spacial score (nSPS) is 12.9. The summed E-state index contributed by atoms with van der Waals surface area (Å²) in [6, 6.07) is 20.6. The Kier molecular flexibility index (Phi) is 4.86. The van der Waals surface area contributed by atoms with Crippen LogP contribution in [0.5, 0.6) is 0 Å². The quantitative estimate of drug-likeness (QED) is 0.351. The molecule has 3 aromatic carbocycles. The Bertz CT molecular complexity index is 1290. The van der Waals surface area contributed by atoms with Gasteiger partial charge in [-0.25, -0.2) is 5.43 Å². The number of hydrogen-bond acceptors (Lipinski definition) is 3. The van der Waals surface area contributed by atoms with Gasteiger partial charge < -0.3 is 0 Å². The first-order valence-electron chi connectivity index (χ1n) is 10.6. The van der Waals surface area contributed by atoms with Gasteiger partial charge in [0.25, 0.3) is 5.91 Å². The maximum atomic E-state index is 12.5. The third-order valence-electron chi connectivity index (χ3n) is 5.96. The van der Waals surface area contributed by atoms with Gasteiger partial charge in [0.05, 0.1) is 11.9 Å². The molecule has 5 rings (SSSR count). The number of nitrogens with one attached hydrogen (secondary N) is 2. The molecule has 0 spiro atoms. The summed E-state index contributed by atoms with van der Waals surface area (Å²) in [6.45, 7) is 4.32. The highest BCUT2D eigenvalue weighted by molar-refractivity contribution is 6.02. The molecule has 5 heteroatoms. The van der Waals surface area contributed by atoms with E-state index in [4.69, 9.17) is 0 Å². The van der Waals surface area contributed by atoms with Crippen LogP contribution in [-0.4, -0.2) is 22.3 Å². The van der Waals surface area contributed by atoms with Crippen LogP contribution in [0.1, 0.15) is 52.5 Å². The zero-order valence-corrected chi connectivity index (χ0v) is 17.6. The molecule has 0 atom stereocenters. The zero-order valence-electron chi connectivity index (χ0n) is 17.6. The van der Waals surface area contributed by atoms with Crippen molar-refractivity contribution in [2.45, 2.75) is 32.6 Å². The van der Waals surface area contributed by atoms with Crippen molar-refractivity contribution in [3.8, 4) is 11.3 Å². The molecule has 0 bridgehead atoms. The number of aromatic nitrogens is 2. The van der Waals surface area contributed by atoms with Crippen LogP contribution in [0.15, 0.2) is 65.8 Å². The Labute approximate surface area is 181 Å². The fourth-order valence-corrected chi connectivity index (χ4v) is 4.24. The Balaban J connectivity index is 1.33. The number of aromatic amines is 1. The summed E-state index contributed by atoms with van der Waals surface area (Å²) in [7, 11) is 0. The number of nitrogens with zero attached hydrogens (tertiary/aromatic N) is 2. The highest BCUT2D eigenvalue weighted by Crippen LogP contribution is 2.36. The number of carbonyl (C=O) groups is 1. The van der Waals surface area contributed by atoms with Crippen molar-refractivity contribution in [2.24, 2.45) is 5.10 Å². The lowest BCUT2D eigenvalue weighted by Gasteiger charge is -2.06. The number of benzene rings is 3. The Morgan fingerprint density at radius 2 is 1.84 bits per heavy atom. The molecule has 0 fully saturated rings. The Hall–Kier alpha value is -3.73. The minimum Gasteiger partial charge on any atom is -0.272 e. The molecule has 0 unspecified atom stereocenters. The van der Waals surface area contributed by atoms with Crippen molar-refractivity contribution in [1.82, 2.24) is 15.6 Å². The molecule has 31 heavy (non-hydrogen) atoms. The Morgan fingerprint density at radius 1 is 1.06 bits per heavy atom. The van der Waals surface area contributed by atoms with Gasteiger partial charge in [0.15, 0.2) is 0 Å². The van der Waals surface area contributed by atoms with E-state index in [1.807, 2.05) is 12.1 Å². The molecule has 0 radical (unpaired) electrons. The number of hydrazone groups is 1. The average molecular weight is 409 g/mol. The molecule has 5 nitrogen and oxygen atoms in total. The number of carbonyl (C=O) groups excluding carboxylic acids is 1. The molecular weight excluding hydrogens is 384 g/mol. The van der Waals surface area contributed by atoms with Crippen LogP contribution in [0.3, 0.4) is 0 Å². The molecule has 1 aliphatic rings. The fourth-order valence-electron chi connectivity index (χ4n) is 4.24. The second-order valence-corrected chi connectivity index (χ2v) is 8.30. The maximum Gasteiger partial charge on any atom is 0.289 e. The second-order valence-electron chi connectivity index (χ2n) is 8.30. The van der Waals surface area contributed by atoms with Crippen LogP contribution in [0.25, 0.3) is 22.0 Å².